The zero-order valence-electron chi connectivity index (χ0n) is 18.9. The lowest BCUT2D eigenvalue weighted by molar-refractivity contribution is -0.139. The van der Waals surface area contributed by atoms with Crippen LogP contribution in [0.4, 0.5) is 10.5 Å². The van der Waals surface area contributed by atoms with Crippen molar-refractivity contribution in [1.29, 1.82) is 0 Å². The molecule has 2 amide bonds. The highest BCUT2D eigenvalue weighted by Gasteiger charge is 2.30. The second kappa shape index (κ2) is 10.2. The summed E-state index contributed by atoms with van der Waals surface area (Å²) in [5.74, 6) is -2.18. The molecule has 0 spiro atoms. The zero-order valence-corrected chi connectivity index (χ0v) is 18.9. The minimum Gasteiger partial charge on any atom is -0.506 e. The number of rotatable bonds is 8. The standard InChI is InChI=1S/C26H24N2O7/c1-34-15-10-11-23(29)21(12-15)27-25(32)22(13-24(30)31)28-26(33)35-14-20-18-8-4-2-6-16(18)17-7-3-5-9-19(17)20/h2-12,20,22,29H,13-14H2,1H3,(H,27,32)(H,28,33)(H,30,31). The molecule has 0 aromatic heterocycles. The molecule has 3 aromatic rings. The zero-order chi connectivity index (χ0) is 24.9. The van der Waals surface area contributed by atoms with Gasteiger partial charge in [-0.3, -0.25) is 9.59 Å². The Morgan fingerprint density at radius 2 is 1.60 bits per heavy atom. The van der Waals surface area contributed by atoms with Gasteiger partial charge in [0.2, 0.25) is 5.91 Å². The molecule has 1 aliphatic rings. The van der Waals surface area contributed by atoms with Gasteiger partial charge < -0.3 is 30.3 Å². The molecule has 9 nitrogen and oxygen atoms in total. The van der Waals surface area contributed by atoms with Crippen LogP contribution in [0.5, 0.6) is 11.5 Å². The number of carboxylic acid groups (broad SMARTS) is 1. The quantitative estimate of drug-likeness (QED) is 0.364. The topological polar surface area (TPSA) is 134 Å². The molecule has 1 atom stereocenters. The van der Waals surface area contributed by atoms with E-state index in [2.05, 4.69) is 10.6 Å². The predicted octanol–water partition coefficient (Wildman–Crippen LogP) is 3.72. The van der Waals surface area contributed by atoms with Crippen LogP contribution < -0.4 is 15.4 Å². The second-order valence-corrected chi connectivity index (χ2v) is 7.99. The lowest BCUT2D eigenvalue weighted by atomic mass is 9.98. The summed E-state index contributed by atoms with van der Waals surface area (Å²) in [6.45, 7) is 0.0118. The van der Waals surface area contributed by atoms with Crippen molar-refractivity contribution in [2.24, 2.45) is 0 Å². The van der Waals surface area contributed by atoms with E-state index in [1.54, 1.807) is 0 Å². The van der Waals surface area contributed by atoms with Gasteiger partial charge in [-0.2, -0.15) is 0 Å². The molecule has 0 saturated heterocycles. The molecule has 1 aliphatic carbocycles. The van der Waals surface area contributed by atoms with Crippen LogP contribution in [0.15, 0.2) is 66.7 Å². The highest BCUT2D eigenvalue weighted by atomic mass is 16.5. The number of amides is 2. The monoisotopic (exact) mass is 476 g/mol. The fraction of sp³-hybridized carbons (Fsp3) is 0.192. The van der Waals surface area contributed by atoms with Gasteiger partial charge in [0.05, 0.1) is 19.2 Å². The Bertz CT molecular complexity index is 1230. The Morgan fingerprint density at radius 3 is 2.20 bits per heavy atom. The number of hydrogen-bond donors (Lipinski definition) is 4. The average Bonchev–Trinajstić information content (AvgIpc) is 3.17. The highest BCUT2D eigenvalue weighted by Crippen LogP contribution is 2.44. The first kappa shape index (κ1) is 23.6. The van der Waals surface area contributed by atoms with Gasteiger partial charge in [0.25, 0.3) is 0 Å². The van der Waals surface area contributed by atoms with E-state index in [4.69, 9.17) is 9.47 Å². The molecule has 0 bridgehead atoms. The molecule has 35 heavy (non-hydrogen) atoms. The Hall–Kier alpha value is -4.53. The van der Waals surface area contributed by atoms with Gasteiger partial charge >= 0.3 is 12.1 Å². The van der Waals surface area contributed by atoms with E-state index in [9.17, 15) is 24.6 Å². The number of aromatic hydroxyl groups is 1. The van der Waals surface area contributed by atoms with Crippen LogP contribution in [-0.2, 0) is 14.3 Å². The summed E-state index contributed by atoms with van der Waals surface area (Å²) < 4.78 is 10.5. The fourth-order valence-electron chi connectivity index (χ4n) is 4.13. The van der Waals surface area contributed by atoms with E-state index in [1.807, 2.05) is 48.5 Å². The van der Waals surface area contributed by atoms with Crippen LogP contribution in [0.2, 0.25) is 0 Å². The molecule has 3 aromatic carbocycles. The van der Waals surface area contributed by atoms with Crippen LogP contribution in [0.1, 0.15) is 23.5 Å². The molecule has 0 saturated carbocycles. The van der Waals surface area contributed by atoms with Gasteiger partial charge in [-0.1, -0.05) is 48.5 Å². The van der Waals surface area contributed by atoms with Crippen molar-refractivity contribution in [1.82, 2.24) is 5.32 Å². The summed E-state index contributed by atoms with van der Waals surface area (Å²) in [5, 5.41) is 24.0. The third-order valence-electron chi connectivity index (χ3n) is 5.79. The molecule has 1 unspecified atom stereocenters. The number of nitrogens with one attached hydrogen (secondary N) is 2. The van der Waals surface area contributed by atoms with Gasteiger partial charge in [-0.15, -0.1) is 0 Å². The first-order valence-corrected chi connectivity index (χ1v) is 10.9. The second-order valence-electron chi connectivity index (χ2n) is 7.99. The van der Waals surface area contributed by atoms with Gasteiger partial charge in [0.1, 0.15) is 24.1 Å². The van der Waals surface area contributed by atoms with Gasteiger partial charge in [-0.05, 0) is 34.4 Å². The van der Waals surface area contributed by atoms with Crippen LogP contribution in [-0.4, -0.2) is 47.9 Å². The number of phenolic OH excluding ortho intramolecular Hbond substituents is 1. The van der Waals surface area contributed by atoms with Gasteiger partial charge in [0.15, 0.2) is 0 Å². The SMILES string of the molecule is COc1ccc(O)c(NC(=O)C(CC(=O)O)NC(=O)OCC2c3ccccc3-c3ccccc32)c1. The number of carbonyl (C=O) groups is 3. The van der Waals surface area contributed by atoms with Crippen molar-refractivity contribution >= 4 is 23.7 Å². The van der Waals surface area contributed by atoms with Crippen LogP contribution in [0, 0.1) is 0 Å². The number of aliphatic carboxylic acids is 1. The number of alkyl carbamates (subject to hydrolysis) is 1. The van der Waals surface area contributed by atoms with E-state index in [1.165, 1.54) is 25.3 Å². The molecule has 0 radical (unpaired) electrons. The third-order valence-corrected chi connectivity index (χ3v) is 5.79. The number of ether oxygens (including phenoxy) is 2. The minimum absolute atomic E-state index is 0.0118. The summed E-state index contributed by atoms with van der Waals surface area (Å²) >= 11 is 0. The summed E-state index contributed by atoms with van der Waals surface area (Å²) in [6, 6.07) is 18.4. The lowest BCUT2D eigenvalue weighted by Crippen LogP contribution is -2.45. The molecule has 4 rings (SSSR count). The maximum absolute atomic E-state index is 12.7. The van der Waals surface area contributed by atoms with E-state index >= 15 is 0 Å². The maximum atomic E-state index is 12.7. The summed E-state index contributed by atoms with van der Waals surface area (Å²) in [7, 11) is 1.42. The fourth-order valence-corrected chi connectivity index (χ4v) is 4.13. The number of carbonyl (C=O) groups excluding carboxylic acids is 2. The van der Waals surface area contributed by atoms with Gasteiger partial charge in [0, 0.05) is 12.0 Å². The molecule has 0 heterocycles. The molecular weight excluding hydrogens is 452 g/mol. The number of hydrogen-bond acceptors (Lipinski definition) is 6. The van der Waals surface area contributed by atoms with Crippen molar-refractivity contribution < 1.29 is 34.1 Å². The first-order chi connectivity index (χ1) is 16.9. The maximum Gasteiger partial charge on any atom is 0.407 e. The molecule has 180 valence electrons. The van der Waals surface area contributed by atoms with Crippen LogP contribution in [0.3, 0.4) is 0 Å². The Balaban J connectivity index is 1.44. The molecule has 0 fully saturated rings. The largest absolute Gasteiger partial charge is 0.506 e. The van der Waals surface area contributed by atoms with E-state index in [-0.39, 0.29) is 24.0 Å². The number of fused-ring (bicyclic) bond motifs is 3. The normalized spacial score (nSPS) is 12.7. The first-order valence-electron chi connectivity index (χ1n) is 10.9. The third kappa shape index (κ3) is 5.19. The molecule has 4 N–H and O–H groups in total. The van der Waals surface area contributed by atoms with E-state index in [0.29, 0.717) is 5.75 Å². The number of phenols is 1. The number of carboxylic acids is 1. The smallest absolute Gasteiger partial charge is 0.407 e. The Labute approximate surface area is 201 Å². The van der Waals surface area contributed by atoms with Crippen LogP contribution >= 0.6 is 0 Å². The summed E-state index contributed by atoms with van der Waals surface area (Å²) in [5.41, 5.74) is 4.19. The van der Waals surface area contributed by atoms with Crippen molar-refractivity contribution in [2.45, 2.75) is 18.4 Å². The lowest BCUT2D eigenvalue weighted by Gasteiger charge is -2.19. The molecule has 9 heteroatoms. The van der Waals surface area contributed by atoms with Crippen molar-refractivity contribution in [2.75, 3.05) is 19.0 Å². The van der Waals surface area contributed by atoms with Crippen molar-refractivity contribution in [3.05, 3.63) is 77.9 Å². The van der Waals surface area contributed by atoms with Crippen LogP contribution in [0.25, 0.3) is 11.1 Å². The molecule has 0 aliphatic heterocycles. The number of anilines is 1. The number of benzene rings is 3. The van der Waals surface area contributed by atoms with Crippen molar-refractivity contribution in [3.8, 4) is 22.6 Å². The summed E-state index contributed by atoms with van der Waals surface area (Å²) in [6.07, 6.45) is -1.61. The van der Waals surface area contributed by atoms with E-state index < -0.39 is 30.4 Å². The minimum atomic E-state index is -1.44. The number of methoxy groups -OCH3 is 1. The average molecular weight is 476 g/mol. The predicted molar refractivity (Wildman–Crippen MR) is 128 cm³/mol. The Kier molecular flexibility index (Phi) is 6.86. The molecular formula is C26H24N2O7. The van der Waals surface area contributed by atoms with E-state index in [0.717, 1.165) is 22.3 Å². The highest BCUT2D eigenvalue weighted by molar-refractivity contribution is 5.99. The summed E-state index contributed by atoms with van der Waals surface area (Å²) in [4.78, 5) is 36.6. The van der Waals surface area contributed by atoms with Gasteiger partial charge in [-0.25, -0.2) is 4.79 Å². The van der Waals surface area contributed by atoms with Crippen molar-refractivity contribution in [3.63, 3.8) is 0 Å². The Morgan fingerprint density at radius 1 is 0.971 bits per heavy atom.